The van der Waals surface area contributed by atoms with Crippen molar-refractivity contribution < 1.29 is 19.5 Å². The quantitative estimate of drug-likeness (QED) is 0.250. The van der Waals surface area contributed by atoms with Crippen LogP contribution in [0, 0.1) is 31.6 Å². The molecule has 3 saturated heterocycles. The predicted octanol–water partition coefficient (Wildman–Crippen LogP) is 5.52. The summed E-state index contributed by atoms with van der Waals surface area (Å²) in [4.78, 5) is 49.4. The van der Waals surface area contributed by atoms with E-state index in [2.05, 4.69) is 29.1 Å². The van der Waals surface area contributed by atoms with E-state index >= 15 is 4.79 Å². The Morgan fingerprint density at radius 1 is 1.09 bits per heavy atom. The molecule has 9 heteroatoms. The molecule has 2 aromatic rings. The minimum Gasteiger partial charge on any atom is -0.394 e. The Morgan fingerprint density at radius 2 is 1.75 bits per heavy atom. The first kappa shape index (κ1) is 32.5. The molecule has 7 nitrogen and oxygen atoms in total. The Balaban J connectivity index is 1.65. The summed E-state index contributed by atoms with van der Waals surface area (Å²) < 4.78 is -0.844. The number of hydrogen-bond acceptors (Lipinski definition) is 5. The van der Waals surface area contributed by atoms with Gasteiger partial charge in [-0.05, 0) is 55.5 Å². The van der Waals surface area contributed by atoms with Gasteiger partial charge in [-0.2, -0.15) is 0 Å². The van der Waals surface area contributed by atoms with Gasteiger partial charge in [0.1, 0.15) is 6.04 Å². The maximum absolute atomic E-state index is 15.0. The Morgan fingerprint density at radius 3 is 2.36 bits per heavy atom. The van der Waals surface area contributed by atoms with E-state index in [0.29, 0.717) is 13.0 Å². The molecule has 3 amide bonds. The highest BCUT2D eigenvalue weighted by atomic mass is 79.9. The summed E-state index contributed by atoms with van der Waals surface area (Å²) in [5.41, 5.74) is 3.47. The Bertz CT molecular complexity index is 1450. The Labute approximate surface area is 273 Å². The van der Waals surface area contributed by atoms with E-state index in [4.69, 9.17) is 0 Å². The molecule has 0 aliphatic carbocycles. The number of nitrogens with zero attached hydrogens (tertiary/aromatic N) is 3. The summed E-state index contributed by atoms with van der Waals surface area (Å²) in [5.74, 6) is -2.04. The van der Waals surface area contributed by atoms with Gasteiger partial charge in [-0.15, -0.1) is 24.9 Å². The van der Waals surface area contributed by atoms with Gasteiger partial charge in [-0.1, -0.05) is 72.3 Å². The minimum atomic E-state index is -0.864. The van der Waals surface area contributed by atoms with Gasteiger partial charge in [0.2, 0.25) is 11.8 Å². The van der Waals surface area contributed by atoms with Crippen molar-refractivity contribution in [1.82, 2.24) is 4.90 Å². The molecule has 2 aromatic carbocycles. The zero-order valence-electron chi connectivity index (χ0n) is 25.9. The summed E-state index contributed by atoms with van der Waals surface area (Å²) in [6.45, 7) is 16.0. The smallest absolute Gasteiger partial charge is 0.251 e. The van der Waals surface area contributed by atoms with Crippen LogP contribution in [0.2, 0.25) is 0 Å². The molecule has 3 heterocycles. The molecule has 7 atom stereocenters. The highest BCUT2D eigenvalue weighted by molar-refractivity contribution is 9.09. The van der Waals surface area contributed by atoms with Crippen LogP contribution >= 0.6 is 27.7 Å². The molecule has 1 spiro atoms. The van der Waals surface area contributed by atoms with Crippen LogP contribution in [0.1, 0.15) is 31.4 Å². The lowest BCUT2D eigenvalue weighted by atomic mass is 9.70. The van der Waals surface area contributed by atoms with Crippen molar-refractivity contribution in [3.05, 3.63) is 85.0 Å². The molecule has 3 unspecified atom stereocenters. The number of carbonyl (C=O) groups is 3. The van der Waals surface area contributed by atoms with E-state index in [1.54, 1.807) is 38.6 Å². The second kappa shape index (κ2) is 12.9. The minimum absolute atomic E-state index is 0.0673. The van der Waals surface area contributed by atoms with Crippen LogP contribution in [-0.2, 0) is 14.4 Å². The van der Waals surface area contributed by atoms with Crippen LogP contribution in [-0.4, -0.2) is 74.3 Å². The average Bonchev–Trinajstić information content (AvgIpc) is 3.59. The molecule has 2 bridgehead atoms. The van der Waals surface area contributed by atoms with Gasteiger partial charge in [0, 0.05) is 34.5 Å². The SMILES string of the molecule is C=CCN(C(=O)[C@H]1[C@H]2C(=O)N([C@@H](CO)C(C)C)C(C(=O)N(CC=C)c3cc(C)ccc3C)C23CC(Br)[C@@H]1S3)c1ccccc1. The lowest BCUT2D eigenvalue weighted by Crippen LogP contribution is -2.59. The van der Waals surface area contributed by atoms with Gasteiger partial charge in [0.15, 0.2) is 0 Å². The predicted molar refractivity (Wildman–Crippen MR) is 182 cm³/mol. The number of fused-ring (bicyclic) bond motifs is 1. The zero-order chi connectivity index (χ0) is 31.9. The van der Waals surface area contributed by atoms with Crippen molar-refractivity contribution in [3.8, 4) is 0 Å². The van der Waals surface area contributed by atoms with E-state index in [1.807, 2.05) is 76.2 Å². The number of aliphatic hydroxyl groups is 1. The van der Waals surface area contributed by atoms with Gasteiger partial charge >= 0.3 is 0 Å². The first-order valence-corrected chi connectivity index (χ1v) is 17.0. The fourth-order valence-electron chi connectivity index (χ4n) is 7.44. The standard InChI is InChI=1S/C35H42BrN3O4S/c1-7-16-37(24-12-10-9-11-13-24)32(41)28-29-33(42)39(27(20-40)21(3)4)31(35(29)19-25(36)30(28)44-35)34(43)38(17-8-2)26-18-22(5)14-15-23(26)6/h7-15,18,21,25,27-31,40H,1-2,16-17,19-20H2,3-6H3/t25?,27-,28-,29-,30-,31?,35?/m0/s1. The highest BCUT2D eigenvalue weighted by Crippen LogP contribution is 2.68. The van der Waals surface area contributed by atoms with E-state index < -0.39 is 28.7 Å². The van der Waals surface area contributed by atoms with Crippen molar-refractivity contribution in [2.24, 2.45) is 17.8 Å². The van der Waals surface area contributed by atoms with Gasteiger partial charge < -0.3 is 19.8 Å². The van der Waals surface area contributed by atoms with Gasteiger partial charge in [-0.25, -0.2) is 0 Å². The zero-order valence-corrected chi connectivity index (χ0v) is 28.3. The van der Waals surface area contributed by atoms with Crippen molar-refractivity contribution in [3.63, 3.8) is 0 Å². The summed E-state index contributed by atoms with van der Waals surface area (Å²) in [5, 5.41) is 10.5. The number of benzene rings is 2. The third kappa shape index (κ3) is 5.24. The number of carbonyl (C=O) groups excluding carboxylic acids is 3. The summed E-state index contributed by atoms with van der Waals surface area (Å²) >= 11 is 5.49. The topological polar surface area (TPSA) is 81.2 Å². The molecule has 5 rings (SSSR count). The van der Waals surface area contributed by atoms with Crippen LogP contribution in [0.3, 0.4) is 0 Å². The van der Waals surface area contributed by atoms with Crippen molar-refractivity contribution >= 4 is 56.8 Å². The van der Waals surface area contributed by atoms with E-state index in [0.717, 1.165) is 22.5 Å². The molecule has 3 aliphatic heterocycles. The number of alkyl halides is 1. The number of thioether (sulfide) groups is 1. The van der Waals surface area contributed by atoms with Crippen molar-refractivity contribution in [2.75, 3.05) is 29.5 Å². The summed E-state index contributed by atoms with van der Waals surface area (Å²) in [7, 11) is 0. The Kier molecular flexibility index (Phi) is 9.50. The Hall–Kier alpha value is -2.88. The van der Waals surface area contributed by atoms with Crippen LogP contribution in [0.25, 0.3) is 0 Å². The normalized spacial score (nSPS) is 27.8. The number of aryl methyl sites for hydroxylation is 2. The molecule has 3 aliphatic rings. The molecule has 0 aromatic heterocycles. The number of hydrogen-bond donors (Lipinski definition) is 1. The second-order valence-electron chi connectivity index (χ2n) is 12.5. The molecule has 1 N–H and O–H groups in total. The number of rotatable bonds is 11. The molecule has 0 saturated carbocycles. The number of para-hydroxylation sites is 1. The number of likely N-dealkylation sites (tertiary alicyclic amines) is 1. The van der Waals surface area contributed by atoms with Crippen molar-refractivity contribution in [1.29, 1.82) is 0 Å². The number of amides is 3. The van der Waals surface area contributed by atoms with E-state index in [-0.39, 0.29) is 46.9 Å². The van der Waals surface area contributed by atoms with Crippen LogP contribution < -0.4 is 9.80 Å². The molecule has 3 fully saturated rings. The van der Waals surface area contributed by atoms with Crippen molar-refractivity contribution in [2.45, 2.75) is 61.0 Å². The molecule has 0 radical (unpaired) electrons. The van der Waals surface area contributed by atoms with Crippen LogP contribution in [0.4, 0.5) is 11.4 Å². The van der Waals surface area contributed by atoms with Crippen LogP contribution in [0.5, 0.6) is 0 Å². The van der Waals surface area contributed by atoms with Crippen LogP contribution in [0.15, 0.2) is 73.8 Å². The number of aliphatic hydroxyl groups excluding tert-OH is 1. The number of anilines is 2. The molecular formula is C35H42BrN3O4S. The molecule has 234 valence electrons. The van der Waals surface area contributed by atoms with Gasteiger partial charge in [0.25, 0.3) is 5.91 Å². The fourth-order valence-corrected chi connectivity index (χ4v) is 11.0. The third-order valence-corrected chi connectivity index (χ3v) is 12.7. The van der Waals surface area contributed by atoms with E-state index in [9.17, 15) is 14.7 Å². The lowest BCUT2D eigenvalue weighted by molar-refractivity contribution is -0.142. The molecular weight excluding hydrogens is 638 g/mol. The maximum atomic E-state index is 15.0. The second-order valence-corrected chi connectivity index (χ2v) is 15.2. The highest BCUT2D eigenvalue weighted by Gasteiger charge is 2.76. The average molecular weight is 681 g/mol. The fraction of sp³-hybridized carbons (Fsp3) is 0.457. The molecule has 44 heavy (non-hydrogen) atoms. The summed E-state index contributed by atoms with van der Waals surface area (Å²) in [6.07, 6.45) is 3.96. The van der Waals surface area contributed by atoms with Gasteiger partial charge in [0.05, 0.1) is 29.2 Å². The number of halogens is 1. The third-order valence-electron chi connectivity index (χ3n) is 9.44. The van der Waals surface area contributed by atoms with Gasteiger partial charge in [-0.3, -0.25) is 14.4 Å². The van der Waals surface area contributed by atoms with E-state index in [1.165, 1.54) is 0 Å². The monoisotopic (exact) mass is 679 g/mol. The first-order valence-electron chi connectivity index (χ1n) is 15.2. The lowest BCUT2D eigenvalue weighted by Gasteiger charge is -2.41. The summed E-state index contributed by atoms with van der Waals surface area (Å²) in [6, 6.07) is 14.0. The first-order chi connectivity index (χ1) is 21.0. The maximum Gasteiger partial charge on any atom is 0.251 e. The largest absolute Gasteiger partial charge is 0.394 e.